The second-order valence-electron chi connectivity index (χ2n) is 6.06. The molecule has 5 nitrogen and oxygen atoms in total. The fraction of sp³-hybridized carbons (Fsp3) is 0.588. The molecule has 0 bridgehead atoms. The molecule has 0 amide bonds. The maximum absolute atomic E-state index is 13.6. The van der Waals surface area contributed by atoms with E-state index >= 15 is 0 Å². The third-order valence-corrected chi connectivity index (χ3v) is 5.30. The van der Waals surface area contributed by atoms with Crippen molar-refractivity contribution in [3.63, 3.8) is 0 Å². The van der Waals surface area contributed by atoms with Crippen molar-refractivity contribution in [2.24, 2.45) is 10.9 Å². The lowest BCUT2D eigenvalue weighted by atomic mass is 10.1. The highest BCUT2D eigenvalue weighted by molar-refractivity contribution is 7.91. The van der Waals surface area contributed by atoms with Crippen molar-refractivity contribution >= 4 is 15.8 Å². The molecule has 0 radical (unpaired) electrons. The molecule has 0 spiro atoms. The Kier molecular flexibility index (Phi) is 8.74. The van der Waals surface area contributed by atoms with E-state index in [1.165, 1.54) is 24.6 Å². The van der Waals surface area contributed by atoms with Crippen molar-refractivity contribution in [3.8, 4) is 0 Å². The second kappa shape index (κ2) is 10.3. The van der Waals surface area contributed by atoms with Gasteiger partial charge in [-0.1, -0.05) is 38.8 Å². The van der Waals surface area contributed by atoms with Crippen molar-refractivity contribution in [3.05, 3.63) is 30.1 Å². The minimum atomic E-state index is -3.65. The van der Waals surface area contributed by atoms with Crippen molar-refractivity contribution in [1.82, 2.24) is 10.6 Å². The maximum Gasteiger partial charge on any atom is 0.191 e. The molecule has 2 N–H and O–H groups in total. The van der Waals surface area contributed by atoms with Gasteiger partial charge < -0.3 is 10.6 Å². The first kappa shape index (κ1) is 20.4. The van der Waals surface area contributed by atoms with Gasteiger partial charge in [0.15, 0.2) is 15.8 Å². The molecule has 1 aromatic rings. The Bertz CT molecular complexity index is 630. The predicted octanol–water partition coefficient (Wildman–Crippen LogP) is 2.59. The smallest absolute Gasteiger partial charge is 0.191 e. The van der Waals surface area contributed by atoms with Crippen LogP contribution in [0, 0.1) is 11.7 Å². The minimum absolute atomic E-state index is 0.169. The fourth-order valence-electron chi connectivity index (χ4n) is 2.22. The number of benzene rings is 1. The van der Waals surface area contributed by atoms with Crippen molar-refractivity contribution in [2.75, 3.05) is 25.9 Å². The highest BCUT2D eigenvalue weighted by Crippen LogP contribution is 2.14. The SMILES string of the molecule is CN=C(NCCCCC(C)C)NCCS(=O)(=O)c1ccccc1F. The third kappa shape index (κ3) is 7.29. The Hall–Kier alpha value is -1.63. The van der Waals surface area contributed by atoms with Crippen LogP contribution < -0.4 is 10.6 Å². The van der Waals surface area contributed by atoms with Gasteiger partial charge in [-0.2, -0.15) is 0 Å². The molecule has 0 saturated heterocycles. The molecule has 0 aromatic heterocycles. The number of hydrogen-bond acceptors (Lipinski definition) is 3. The van der Waals surface area contributed by atoms with E-state index in [1.807, 2.05) is 0 Å². The average Bonchev–Trinajstić information content (AvgIpc) is 2.52. The number of rotatable bonds is 9. The summed E-state index contributed by atoms with van der Waals surface area (Å²) in [6, 6.07) is 5.42. The Labute approximate surface area is 144 Å². The summed E-state index contributed by atoms with van der Waals surface area (Å²) in [6.45, 7) is 5.35. The van der Waals surface area contributed by atoms with Crippen LogP contribution in [0.25, 0.3) is 0 Å². The molecule has 0 saturated carbocycles. The molecule has 1 rings (SSSR count). The summed E-state index contributed by atoms with van der Waals surface area (Å²) in [5, 5.41) is 6.10. The van der Waals surface area contributed by atoms with E-state index < -0.39 is 15.7 Å². The Morgan fingerprint density at radius 1 is 1.17 bits per heavy atom. The standard InChI is InChI=1S/C17H28FN3O2S/c1-14(2)8-6-7-11-20-17(19-3)21-12-13-24(22,23)16-10-5-4-9-15(16)18/h4-5,9-10,14H,6-8,11-13H2,1-3H3,(H2,19,20,21). The zero-order valence-electron chi connectivity index (χ0n) is 14.7. The Morgan fingerprint density at radius 2 is 1.83 bits per heavy atom. The van der Waals surface area contributed by atoms with Crippen LogP contribution in [0.2, 0.25) is 0 Å². The molecular formula is C17H28FN3O2S. The van der Waals surface area contributed by atoms with Gasteiger partial charge in [0.05, 0.1) is 5.75 Å². The van der Waals surface area contributed by atoms with Gasteiger partial charge in [0.25, 0.3) is 0 Å². The molecule has 0 atom stereocenters. The molecule has 0 aliphatic rings. The van der Waals surface area contributed by atoms with Crippen LogP contribution in [-0.4, -0.2) is 40.3 Å². The molecule has 0 aliphatic carbocycles. The van der Waals surface area contributed by atoms with E-state index in [9.17, 15) is 12.8 Å². The third-order valence-electron chi connectivity index (χ3n) is 3.56. The Balaban J connectivity index is 2.38. The van der Waals surface area contributed by atoms with Gasteiger partial charge in [-0.15, -0.1) is 0 Å². The summed E-state index contributed by atoms with van der Waals surface area (Å²) in [5.41, 5.74) is 0. The van der Waals surface area contributed by atoms with Gasteiger partial charge in [-0.25, -0.2) is 12.8 Å². The molecule has 0 unspecified atom stereocenters. The summed E-state index contributed by atoms with van der Waals surface area (Å²) in [5.74, 6) is 0.349. The number of aliphatic imine (C=N–C) groups is 1. The van der Waals surface area contributed by atoms with Gasteiger partial charge in [0.2, 0.25) is 0 Å². The van der Waals surface area contributed by atoms with Crippen LogP contribution in [0.1, 0.15) is 33.1 Å². The maximum atomic E-state index is 13.6. The molecule has 7 heteroatoms. The topological polar surface area (TPSA) is 70.6 Å². The summed E-state index contributed by atoms with van der Waals surface area (Å²) in [4.78, 5) is 3.80. The van der Waals surface area contributed by atoms with E-state index in [0.717, 1.165) is 25.5 Å². The molecule has 0 aliphatic heterocycles. The second-order valence-corrected chi connectivity index (χ2v) is 8.14. The van der Waals surface area contributed by atoms with Crippen LogP contribution in [0.5, 0.6) is 0 Å². The minimum Gasteiger partial charge on any atom is -0.356 e. The summed E-state index contributed by atoms with van der Waals surface area (Å²) in [6.07, 6.45) is 3.37. The Morgan fingerprint density at radius 3 is 2.46 bits per heavy atom. The van der Waals surface area contributed by atoms with Crippen LogP contribution in [-0.2, 0) is 9.84 Å². The number of unbranched alkanes of at least 4 members (excludes halogenated alkanes) is 1. The number of hydrogen-bond donors (Lipinski definition) is 2. The monoisotopic (exact) mass is 357 g/mol. The van der Waals surface area contributed by atoms with Crippen molar-refractivity contribution in [2.45, 2.75) is 38.0 Å². The normalized spacial score (nSPS) is 12.5. The quantitative estimate of drug-likeness (QED) is 0.405. The van der Waals surface area contributed by atoms with E-state index in [1.54, 1.807) is 7.05 Å². The predicted molar refractivity (Wildman–Crippen MR) is 96.5 cm³/mol. The molecule has 136 valence electrons. The van der Waals surface area contributed by atoms with Gasteiger partial charge in [-0.05, 0) is 24.5 Å². The van der Waals surface area contributed by atoms with E-state index in [0.29, 0.717) is 11.9 Å². The van der Waals surface area contributed by atoms with Gasteiger partial charge >= 0.3 is 0 Å². The summed E-state index contributed by atoms with van der Waals surface area (Å²) >= 11 is 0. The van der Waals surface area contributed by atoms with Crippen LogP contribution >= 0.6 is 0 Å². The first-order valence-electron chi connectivity index (χ1n) is 8.28. The van der Waals surface area contributed by atoms with Crippen molar-refractivity contribution in [1.29, 1.82) is 0 Å². The van der Waals surface area contributed by atoms with E-state index in [4.69, 9.17) is 0 Å². The molecular weight excluding hydrogens is 329 g/mol. The van der Waals surface area contributed by atoms with Crippen LogP contribution in [0.15, 0.2) is 34.2 Å². The lowest BCUT2D eigenvalue weighted by Gasteiger charge is -2.12. The molecule has 1 aromatic carbocycles. The lowest BCUT2D eigenvalue weighted by Crippen LogP contribution is -2.40. The van der Waals surface area contributed by atoms with Crippen LogP contribution in [0.4, 0.5) is 4.39 Å². The van der Waals surface area contributed by atoms with E-state index in [2.05, 4.69) is 29.5 Å². The lowest BCUT2D eigenvalue weighted by molar-refractivity contribution is 0.534. The summed E-state index contributed by atoms with van der Waals surface area (Å²) in [7, 11) is -2.02. The summed E-state index contributed by atoms with van der Waals surface area (Å²) < 4.78 is 37.9. The zero-order chi connectivity index (χ0) is 18.0. The molecule has 0 heterocycles. The molecule has 24 heavy (non-hydrogen) atoms. The average molecular weight is 357 g/mol. The number of sulfone groups is 1. The first-order chi connectivity index (χ1) is 11.4. The van der Waals surface area contributed by atoms with Gasteiger partial charge in [-0.3, -0.25) is 4.99 Å². The van der Waals surface area contributed by atoms with E-state index in [-0.39, 0.29) is 17.2 Å². The fourth-order valence-corrected chi connectivity index (χ4v) is 3.46. The number of halogens is 1. The van der Waals surface area contributed by atoms with Gasteiger partial charge in [0, 0.05) is 20.1 Å². The highest BCUT2D eigenvalue weighted by Gasteiger charge is 2.18. The number of nitrogens with one attached hydrogen (secondary N) is 2. The highest BCUT2D eigenvalue weighted by atomic mass is 32.2. The number of guanidine groups is 1. The zero-order valence-corrected chi connectivity index (χ0v) is 15.5. The van der Waals surface area contributed by atoms with Gasteiger partial charge in [0.1, 0.15) is 10.7 Å². The largest absolute Gasteiger partial charge is 0.356 e. The van der Waals surface area contributed by atoms with Crippen molar-refractivity contribution < 1.29 is 12.8 Å². The first-order valence-corrected chi connectivity index (χ1v) is 9.94. The van der Waals surface area contributed by atoms with Crippen LogP contribution in [0.3, 0.4) is 0 Å². The molecule has 0 fully saturated rings. The number of nitrogens with zero attached hydrogens (tertiary/aromatic N) is 1.